The van der Waals surface area contributed by atoms with E-state index in [4.69, 9.17) is 22.1 Å². The van der Waals surface area contributed by atoms with Crippen LogP contribution in [0.15, 0.2) is 53.4 Å². The van der Waals surface area contributed by atoms with Crippen LogP contribution in [0, 0.1) is 0 Å². The van der Waals surface area contributed by atoms with Crippen LogP contribution in [0.1, 0.15) is 6.42 Å². The van der Waals surface area contributed by atoms with Crippen molar-refractivity contribution < 1.29 is 14.3 Å². The van der Waals surface area contributed by atoms with Crippen LogP contribution in [0.4, 0.5) is 10.5 Å². The summed E-state index contributed by atoms with van der Waals surface area (Å²) in [5.74, 6) is 0.918. The van der Waals surface area contributed by atoms with Gasteiger partial charge in [0, 0.05) is 29.1 Å². The molecule has 0 saturated carbocycles. The summed E-state index contributed by atoms with van der Waals surface area (Å²) < 4.78 is 5.60. The minimum absolute atomic E-state index is 0.238. The molecule has 0 aliphatic rings. The largest absolute Gasteiger partial charge is 0.492 e. The summed E-state index contributed by atoms with van der Waals surface area (Å²) >= 11 is 7.31. The maximum absolute atomic E-state index is 12.4. The standard InChI is InChI=1S/C19H22ClN3O3S/c1-23(11-12-26-15-8-6-14(20)7-9-15)19(25)22-16-4-2-3-5-17(16)27-13-10-18(21)24/h2-9H,10-13H2,1H3,(H2,21,24)(H,22,25). The van der Waals surface area contributed by atoms with E-state index in [1.54, 1.807) is 36.2 Å². The summed E-state index contributed by atoms with van der Waals surface area (Å²) in [6.45, 7) is 0.784. The Morgan fingerprint density at radius 3 is 2.59 bits per heavy atom. The number of carbonyl (C=O) groups is 2. The first-order chi connectivity index (χ1) is 13.0. The van der Waals surface area contributed by atoms with Crippen molar-refractivity contribution >= 4 is 41.0 Å². The molecule has 144 valence electrons. The maximum Gasteiger partial charge on any atom is 0.321 e. The normalized spacial score (nSPS) is 10.3. The summed E-state index contributed by atoms with van der Waals surface area (Å²) in [5.41, 5.74) is 5.86. The van der Waals surface area contributed by atoms with E-state index in [9.17, 15) is 9.59 Å². The van der Waals surface area contributed by atoms with Crippen LogP contribution in [0.2, 0.25) is 5.02 Å². The summed E-state index contributed by atoms with van der Waals surface area (Å²) in [7, 11) is 1.70. The van der Waals surface area contributed by atoms with E-state index in [2.05, 4.69) is 5.32 Å². The summed E-state index contributed by atoms with van der Waals surface area (Å²) in [6.07, 6.45) is 0.287. The minimum Gasteiger partial charge on any atom is -0.492 e. The van der Waals surface area contributed by atoms with Crippen molar-refractivity contribution in [3.05, 3.63) is 53.6 Å². The van der Waals surface area contributed by atoms with Gasteiger partial charge in [0.05, 0.1) is 12.2 Å². The first-order valence-electron chi connectivity index (χ1n) is 8.36. The van der Waals surface area contributed by atoms with E-state index in [-0.39, 0.29) is 18.4 Å². The highest BCUT2D eigenvalue weighted by atomic mass is 35.5. The van der Waals surface area contributed by atoms with E-state index in [1.807, 2.05) is 24.3 Å². The van der Waals surface area contributed by atoms with Crippen LogP contribution in [0.25, 0.3) is 0 Å². The van der Waals surface area contributed by atoms with Crippen molar-refractivity contribution in [1.82, 2.24) is 4.90 Å². The van der Waals surface area contributed by atoms with Crippen LogP contribution in [0.3, 0.4) is 0 Å². The molecule has 0 aliphatic heterocycles. The molecule has 2 aromatic carbocycles. The Labute approximate surface area is 168 Å². The first-order valence-corrected chi connectivity index (χ1v) is 9.72. The fourth-order valence-corrected chi connectivity index (χ4v) is 3.20. The van der Waals surface area contributed by atoms with Gasteiger partial charge >= 0.3 is 6.03 Å². The van der Waals surface area contributed by atoms with Crippen LogP contribution in [0.5, 0.6) is 5.75 Å². The third-order valence-electron chi connectivity index (χ3n) is 3.59. The molecule has 0 bridgehead atoms. The predicted octanol–water partition coefficient (Wildman–Crippen LogP) is 3.85. The zero-order valence-electron chi connectivity index (χ0n) is 15.0. The van der Waals surface area contributed by atoms with E-state index in [1.165, 1.54) is 11.8 Å². The predicted molar refractivity (Wildman–Crippen MR) is 110 cm³/mol. The Hall–Kier alpha value is -2.38. The quantitative estimate of drug-likeness (QED) is 0.618. The molecule has 2 aromatic rings. The van der Waals surface area contributed by atoms with Gasteiger partial charge in [0.15, 0.2) is 0 Å². The number of nitrogens with two attached hydrogens (primary N) is 1. The molecule has 0 unspecified atom stereocenters. The van der Waals surface area contributed by atoms with Gasteiger partial charge in [0.1, 0.15) is 12.4 Å². The molecule has 2 rings (SSSR count). The molecule has 0 atom stereocenters. The number of urea groups is 1. The minimum atomic E-state index is -0.343. The highest BCUT2D eigenvalue weighted by Gasteiger charge is 2.11. The highest BCUT2D eigenvalue weighted by Crippen LogP contribution is 2.27. The van der Waals surface area contributed by atoms with Crippen molar-refractivity contribution in [2.24, 2.45) is 5.73 Å². The second kappa shape index (κ2) is 10.7. The molecule has 8 heteroatoms. The monoisotopic (exact) mass is 407 g/mol. The maximum atomic E-state index is 12.4. The Bertz CT molecular complexity index is 771. The zero-order valence-corrected chi connectivity index (χ0v) is 16.6. The topological polar surface area (TPSA) is 84.7 Å². The number of thioether (sulfide) groups is 1. The molecule has 3 amide bonds. The van der Waals surface area contributed by atoms with E-state index >= 15 is 0 Å². The van der Waals surface area contributed by atoms with Crippen LogP contribution < -0.4 is 15.8 Å². The molecule has 0 heterocycles. The van der Waals surface area contributed by atoms with Gasteiger partial charge in [-0.3, -0.25) is 4.79 Å². The molecular formula is C19H22ClN3O3S. The number of benzene rings is 2. The second-order valence-corrected chi connectivity index (χ2v) is 7.29. The van der Waals surface area contributed by atoms with Gasteiger partial charge < -0.3 is 20.7 Å². The number of hydrogen-bond donors (Lipinski definition) is 2. The lowest BCUT2D eigenvalue weighted by Crippen LogP contribution is -2.34. The SMILES string of the molecule is CN(CCOc1ccc(Cl)cc1)C(=O)Nc1ccccc1SCCC(N)=O. The van der Waals surface area contributed by atoms with Crippen LogP contribution in [-0.2, 0) is 4.79 Å². The summed E-state index contributed by atoms with van der Waals surface area (Å²) in [6, 6.07) is 14.3. The smallest absolute Gasteiger partial charge is 0.321 e. The van der Waals surface area contributed by atoms with Crippen LogP contribution >= 0.6 is 23.4 Å². The molecule has 0 aromatic heterocycles. The average molecular weight is 408 g/mol. The van der Waals surface area contributed by atoms with Gasteiger partial charge in [-0.2, -0.15) is 0 Å². The van der Waals surface area contributed by atoms with Crippen molar-refractivity contribution in [2.45, 2.75) is 11.3 Å². The van der Waals surface area contributed by atoms with Crippen molar-refractivity contribution in [3.8, 4) is 5.75 Å². The molecular weight excluding hydrogens is 386 g/mol. The number of halogens is 1. The van der Waals surface area contributed by atoms with Crippen LogP contribution in [-0.4, -0.2) is 42.8 Å². The van der Waals surface area contributed by atoms with Gasteiger partial charge in [0.25, 0.3) is 0 Å². The lowest BCUT2D eigenvalue weighted by atomic mass is 10.3. The number of rotatable bonds is 9. The fourth-order valence-electron chi connectivity index (χ4n) is 2.10. The van der Waals surface area contributed by atoms with E-state index in [0.717, 1.165) is 4.90 Å². The Morgan fingerprint density at radius 1 is 1.19 bits per heavy atom. The Kier molecular flexibility index (Phi) is 8.29. The number of para-hydroxylation sites is 1. The number of primary amides is 1. The van der Waals surface area contributed by atoms with Gasteiger partial charge in [0.2, 0.25) is 5.91 Å². The number of hydrogen-bond acceptors (Lipinski definition) is 4. The number of nitrogens with zero attached hydrogens (tertiary/aromatic N) is 1. The molecule has 27 heavy (non-hydrogen) atoms. The molecule has 3 N–H and O–H groups in total. The number of carbonyl (C=O) groups excluding carboxylic acids is 2. The Morgan fingerprint density at radius 2 is 1.89 bits per heavy atom. The number of amides is 3. The number of nitrogens with one attached hydrogen (secondary N) is 1. The second-order valence-electron chi connectivity index (χ2n) is 5.72. The lowest BCUT2D eigenvalue weighted by Gasteiger charge is -2.19. The van der Waals surface area contributed by atoms with E-state index in [0.29, 0.717) is 35.4 Å². The summed E-state index contributed by atoms with van der Waals surface area (Å²) in [4.78, 5) is 25.7. The molecule has 0 fully saturated rings. The average Bonchev–Trinajstić information content (AvgIpc) is 2.64. The van der Waals surface area contributed by atoms with E-state index < -0.39 is 0 Å². The lowest BCUT2D eigenvalue weighted by molar-refractivity contribution is -0.117. The fraction of sp³-hybridized carbons (Fsp3) is 0.263. The number of ether oxygens (including phenoxy) is 1. The third kappa shape index (κ3) is 7.40. The first kappa shape index (κ1) is 20.9. The Balaban J connectivity index is 1.83. The van der Waals surface area contributed by atoms with Crippen molar-refractivity contribution in [1.29, 1.82) is 0 Å². The summed E-state index contributed by atoms with van der Waals surface area (Å²) in [5, 5.41) is 3.53. The van der Waals surface area contributed by atoms with Crippen molar-refractivity contribution in [2.75, 3.05) is 31.3 Å². The molecule has 6 nitrogen and oxygen atoms in total. The van der Waals surface area contributed by atoms with Crippen molar-refractivity contribution in [3.63, 3.8) is 0 Å². The number of anilines is 1. The molecule has 0 radical (unpaired) electrons. The third-order valence-corrected chi connectivity index (χ3v) is 4.92. The molecule has 0 spiro atoms. The van der Waals surface area contributed by atoms with Gasteiger partial charge in [-0.25, -0.2) is 4.79 Å². The molecule has 0 aliphatic carbocycles. The highest BCUT2D eigenvalue weighted by molar-refractivity contribution is 7.99. The van der Waals surface area contributed by atoms with Gasteiger partial charge in [-0.05, 0) is 36.4 Å². The van der Waals surface area contributed by atoms with Gasteiger partial charge in [-0.1, -0.05) is 23.7 Å². The number of likely N-dealkylation sites (N-methyl/N-ethyl adjacent to an activating group) is 1. The van der Waals surface area contributed by atoms with Gasteiger partial charge in [-0.15, -0.1) is 11.8 Å². The zero-order chi connectivity index (χ0) is 19.6. The molecule has 0 saturated heterocycles.